The monoisotopic (exact) mass is 259 g/mol. The molecule has 0 saturated heterocycles. The molecule has 100 valence electrons. The molecular weight excluding hydrogens is 242 g/mol. The zero-order chi connectivity index (χ0) is 13.6. The molecular formula is C14H17N3O2. The fraction of sp³-hybridized carbons (Fsp3) is 0.500. The predicted octanol–water partition coefficient (Wildman–Crippen LogP) is 2.12. The van der Waals surface area contributed by atoms with Gasteiger partial charge < -0.3 is 4.74 Å². The Labute approximate surface area is 111 Å². The van der Waals surface area contributed by atoms with Gasteiger partial charge in [0, 0.05) is 24.4 Å². The second-order valence-corrected chi connectivity index (χ2v) is 5.25. The van der Waals surface area contributed by atoms with Gasteiger partial charge in [-0.15, -0.1) is 0 Å². The van der Waals surface area contributed by atoms with Gasteiger partial charge in [-0.05, 0) is 32.3 Å². The summed E-state index contributed by atoms with van der Waals surface area (Å²) in [6.45, 7) is 3.60. The molecule has 0 spiro atoms. The smallest absolute Gasteiger partial charge is 0.215 e. The average molecular weight is 259 g/mol. The first-order chi connectivity index (χ1) is 9.06. The number of hydrogen-bond acceptors (Lipinski definition) is 4. The van der Waals surface area contributed by atoms with Crippen LogP contribution in [0.5, 0.6) is 5.88 Å². The van der Waals surface area contributed by atoms with Gasteiger partial charge in [-0.25, -0.2) is 0 Å². The molecule has 0 aromatic carbocycles. The molecule has 2 aromatic rings. The van der Waals surface area contributed by atoms with E-state index in [0.717, 1.165) is 22.3 Å². The van der Waals surface area contributed by atoms with Gasteiger partial charge in [0.05, 0.1) is 5.69 Å². The Balaban J connectivity index is 2.05. The lowest BCUT2D eigenvalue weighted by Gasteiger charge is -2.05. The van der Waals surface area contributed by atoms with Gasteiger partial charge >= 0.3 is 0 Å². The number of rotatable bonds is 4. The highest BCUT2D eigenvalue weighted by Gasteiger charge is 2.30. The molecule has 2 heterocycles. The molecule has 2 aromatic heterocycles. The molecule has 1 fully saturated rings. The van der Waals surface area contributed by atoms with Crippen molar-refractivity contribution in [1.82, 2.24) is 14.8 Å². The van der Waals surface area contributed by atoms with Crippen LogP contribution < -0.4 is 4.74 Å². The van der Waals surface area contributed by atoms with Gasteiger partial charge in [0.25, 0.3) is 0 Å². The number of ether oxygens (including phenoxy) is 1. The van der Waals surface area contributed by atoms with Crippen LogP contribution in [0, 0.1) is 6.92 Å². The van der Waals surface area contributed by atoms with Crippen LogP contribution in [0.2, 0.25) is 0 Å². The molecule has 5 heteroatoms. The topological polar surface area (TPSA) is 57.0 Å². The highest BCUT2D eigenvalue weighted by Crippen LogP contribution is 2.43. The predicted molar refractivity (Wildman–Crippen MR) is 71.4 cm³/mol. The van der Waals surface area contributed by atoms with Crippen LogP contribution in [0.15, 0.2) is 6.07 Å². The van der Waals surface area contributed by atoms with Gasteiger partial charge in [-0.3, -0.25) is 9.48 Å². The Morgan fingerprint density at radius 2 is 2.26 bits per heavy atom. The number of nitrogens with zero attached hydrogens (tertiary/aromatic N) is 3. The lowest BCUT2D eigenvalue weighted by atomic mass is 10.1. The molecule has 1 aliphatic rings. The maximum atomic E-state index is 11.0. The van der Waals surface area contributed by atoms with Crippen molar-refractivity contribution in [3.8, 4) is 5.88 Å². The van der Waals surface area contributed by atoms with Crippen molar-refractivity contribution in [2.24, 2.45) is 7.05 Å². The van der Waals surface area contributed by atoms with Crippen LogP contribution in [0.4, 0.5) is 0 Å². The summed E-state index contributed by atoms with van der Waals surface area (Å²) in [5, 5.41) is 5.72. The average Bonchev–Trinajstić information content (AvgIpc) is 3.13. The van der Waals surface area contributed by atoms with Crippen LogP contribution in [0.1, 0.15) is 36.9 Å². The summed E-state index contributed by atoms with van der Waals surface area (Å²) in [5.41, 5.74) is 3.10. The molecule has 3 rings (SSSR count). The highest BCUT2D eigenvalue weighted by atomic mass is 16.5. The standard InChI is InChI=1S/C14H17N3O2/c1-8-6-11(19-7-9(2)18)15-14-12(8)13(10-4-5-10)16-17(14)3/h6,10H,4-5,7H2,1-3H3. The quantitative estimate of drug-likeness (QED) is 0.844. The minimum atomic E-state index is -0.0109. The van der Waals surface area contributed by atoms with Crippen molar-refractivity contribution in [2.45, 2.75) is 32.6 Å². The van der Waals surface area contributed by atoms with Gasteiger partial charge in [0.2, 0.25) is 5.88 Å². The van der Waals surface area contributed by atoms with Crippen LogP contribution in [0.25, 0.3) is 11.0 Å². The molecule has 0 unspecified atom stereocenters. The number of aryl methyl sites for hydroxylation is 2. The molecule has 0 bridgehead atoms. The van der Waals surface area contributed by atoms with E-state index < -0.39 is 0 Å². The van der Waals surface area contributed by atoms with Crippen LogP contribution in [0.3, 0.4) is 0 Å². The van der Waals surface area contributed by atoms with E-state index >= 15 is 0 Å². The molecule has 0 amide bonds. The van der Waals surface area contributed by atoms with Crippen LogP contribution in [-0.2, 0) is 11.8 Å². The molecule has 1 aliphatic carbocycles. The number of aromatic nitrogens is 3. The third-order valence-corrected chi connectivity index (χ3v) is 3.38. The maximum Gasteiger partial charge on any atom is 0.215 e. The Hall–Kier alpha value is -1.91. The number of carbonyl (C=O) groups is 1. The Morgan fingerprint density at radius 1 is 1.53 bits per heavy atom. The Morgan fingerprint density at radius 3 is 2.89 bits per heavy atom. The number of pyridine rings is 1. The molecule has 1 saturated carbocycles. The normalized spacial score (nSPS) is 14.9. The van der Waals surface area contributed by atoms with E-state index in [0.29, 0.717) is 11.8 Å². The van der Waals surface area contributed by atoms with E-state index in [1.165, 1.54) is 19.8 Å². The lowest BCUT2D eigenvalue weighted by molar-refractivity contribution is -0.119. The van der Waals surface area contributed by atoms with E-state index in [1.54, 1.807) is 4.68 Å². The van der Waals surface area contributed by atoms with Crippen molar-refractivity contribution < 1.29 is 9.53 Å². The molecule has 5 nitrogen and oxygen atoms in total. The summed E-state index contributed by atoms with van der Waals surface area (Å²) in [6, 6.07) is 1.89. The fourth-order valence-electron chi connectivity index (χ4n) is 2.33. The van der Waals surface area contributed by atoms with Crippen molar-refractivity contribution >= 4 is 16.8 Å². The second-order valence-electron chi connectivity index (χ2n) is 5.25. The van der Waals surface area contributed by atoms with E-state index in [1.807, 2.05) is 20.0 Å². The summed E-state index contributed by atoms with van der Waals surface area (Å²) in [6.07, 6.45) is 2.43. The van der Waals surface area contributed by atoms with Crippen molar-refractivity contribution in [1.29, 1.82) is 0 Å². The first-order valence-corrected chi connectivity index (χ1v) is 6.52. The lowest BCUT2D eigenvalue weighted by Crippen LogP contribution is -2.08. The highest BCUT2D eigenvalue weighted by molar-refractivity contribution is 5.84. The van der Waals surface area contributed by atoms with Crippen LogP contribution in [-0.4, -0.2) is 27.2 Å². The summed E-state index contributed by atoms with van der Waals surface area (Å²) >= 11 is 0. The molecule has 19 heavy (non-hydrogen) atoms. The zero-order valence-electron chi connectivity index (χ0n) is 11.4. The molecule has 0 radical (unpaired) electrons. The van der Waals surface area contributed by atoms with Gasteiger partial charge in [-0.1, -0.05) is 0 Å². The maximum absolute atomic E-state index is 11.0. The van der Waals surface area contributed by atoms with Gasteiger partial charge in [-0.2, -0.15) is 10.1 Å². The third-order valence-electron chi connectivity index (χ3n) is 3.38. The first-order valence-electron chi connectivity index (χ1n) is 6.52. The van der Waals surface area contributed by atoms with Crippen LogP contribution >= 0.6 is 0 Å². The zero-order valence-corrected chi connectivity index (χ0v) is 11.4. The summed E-state index contributed by atoms with van der Waals surface area (Å²) < 4.78 is 7.20. The summed E-state index contributed by atoms with van der Waals surface area (Å²) in [7, 11) is 1.90. The summed E-state index contributed by atoms with van der Waals surface area (Å²) in [5.74, 6) is 1.07. The number of fused-ring (bicyclic) bond motifs is 1. The molecule has 0 aliphatic heterocycles. The summed E-state index contributed by atoms with van der Waals surface area (Å²) in [4.78, 5) is 15.4. The fourth-order valence-corrected chi connectivity index (χ4v) is 2.33. The van der Waals surface area contributed by atoms with Gasteiger partial charge in [0.1, 0.15) is 6.61 Å². The number of carbonyl (C=O) groups excluding carboxylic acids is 1. The second kappa shape index (κ2) is 4.33. The Bertz CT molecular complexity index is 656. The van der Waals surface area contributed by atoms with Crippen molar-refractivity contribution in [2.75, 3.05) is 6.61 Å². The number of ketones is 1. The molecule has 0 atom stereocenters. The minimum Gasteiger partial charge on any atom is -0.470 e. The van der Waals surface area contributed by atoms with E-state index in [9.17, 15) is 4.79 Å². The van der Waals surface area contributed by atoms with Crippen molar-refractivity contribution in [3.05, 3.63) is 17.3 Å². The Kier molecular flexibility index (Phi) is 2.77. The first kappa shape index (κ1) is 12.1. The van der Waals surface area contributed by atoms with E-state index in [2.05, 4.69) is 10.1 Å². The minimum absolute atomic E-state index is 0.0109. The third kappa shape index (κ3) is 2.20. The number of hydrogen-bond donors (Lipinski definition) is 0. The van der Waals surface area contributed by atoms with E-state index in [-0.39, 0.29) is 12.4 Å². The number of Topliss-reactive ketones (excluding diaryl/α,β-unsaturated/α-hetero) is 1. The van der Waals surface area contributed by atoms with Crippen molar-refractivity contribution in [3.63, 3.8) is 0 Å². The largest absolute Gasteiger partial charge is 0.470 e. The van der Waals surface area contributed by atoms with E-state index in [4.69, 9.17) is 4.74 Å². The van der Waals surface area contributed by atoms with Gasteiger partial charge in [0.15, 0.2) is 11.4 Å². The SMILES string of the molecule is CC(=O)COc1cc(C)c2c(C3CC3)nn(C)c2n1. The molecule has 0 N–H and O–H groups in total.